The van der Waals surface area contributed by atoms with E-state index in [4.69, 9.17) is 0 Å². The van der Waals surface area contributed by atoms with E-state index in [2.05, 4.69) is 24.1 Å². The summed E-state index contributed by atoms with van der Waals surface area (Å²) in [6.07, 6.45) is 0. The molecule has 2 nitrogen and oxygen atoms in total. The van der Waals surface area contributed by atoms with Crippen molar-refractivity contribution in [2.24, 2.45) is 0 Å². The summed E-state index contributed by atoms with van der Waals surface area (Å²) in [5.74, 6) is 0. The van der Waals surface area contributed by atoms with Crippen LogP contribution in [-0.2, 0) is 0 Å². The molecule has 2 fully saturated rings. The highest BCUT2D eigenvalue weighted by atomic mass is 15.4. The highest BCUT2D eigenvalue weighted by Gasteiger charge is 2.45. The molecule has 2 saturated heterocycles. The summed E-state index contributed by atoms with van der Waals surface area (Å²) in [5.41, 5.74) is 0. The van der Waals surface area contributed by atoms with Gasteiger partial charge in [0.1, 0.15) is 0 Å². The number of nitrogens with one attached hydrogen (secondary N) is 1. The van der Waals surface area contributed by atoms with Crippen LogP contribution in [-0.4, -0.2) is 36.1 Å². The Bertz CT molecular complexity index is 122. The molecule has 2 heterocycles. The Balaban J connectivity index is 1.90. The lowest BCUT2D eigenvalue weighted by atomic mass is 9.87. The van der Waals surface area contributed by atoms with Gasteiger partial charge in [0, 0.05) is 31.2 Å². The Hall–Kier alpha value is -0.0800. The minimum atomic E-state index is 0.758. The maximum atomic E-state index is 3.39. The quantitative estimate of drug-likeness (QED) is 0.534. The van der Waals surface area contributed by atoms with E-state index >= 15 is 0 Å². The number of rotatable bonds is 1. The van der Waals surface area contributed by atoms with Gasteiger partial charge in [-0.15, -0.1) is 0 Å². The summed E-state index contributed by atoms with van der Waals surface area (Å²) >= 11 is 0. The molecule has 0 spiro atoms. The normalized spacial score (nSPS) is 41.7. The summed E-state index contributed by atoms with van der Waals surface area (Å²) in [6, 6.07) is 2.51. The molecule has 52 valence electrons. The van der Waals surface area contributed by atoms with Crippen LogP contribution in [0.3, 0.4) is 0 Å². The maximum absolute atomic E-state index is 3.39. The molecule has 0 radical (unpaired) electrons. The van der Waals surface area contributed by atoms with Crippen molar-refractivity contribution in [1.82, 2.24) is 10.2 Å². The number of hydrogen-bond donors (Lipinski definition) is 1. The highest BCUT2D eigenvalue weighted by molar-refractivity contribution is 5.07. The van der Waals surface area contributed by atoms with Gasteiger partial charge >= 0.3 is 0 Å². The number of piperazine rings is 1. The van der Waals surface area contributed by atoms with Gasteiger partial charge in [0.15, 0.2) is 0 Å². The highest BCUT2D eigenvalue weighted by Crippen LogP contribution is 2.26. The fourth-order valence-electron chi connectivity index (χ4n) is 1.74. The first-order valence-electron chi connectivity index (χ1n) is 3.78. The van der Waals surface area contributed by atoms with Crippen molar-refractivity contribution in [3.8, 4) is 0 Å². The van der Waals surface area contributed by atoms with Crippen molar-refractivity contribution in [3.05, 3.63) is 0 Å². The van der Waals surface area contributed by atoms with Gasteiger partial charge in [-0.1, -0.05) is 0 Å². The predicted molar refractivity (Wildman–Crippen MR) is 37.4 cm³/mol. The van der Waals surface area contributed by atoms with Crippen molar-refractivity contribution < 1.29 is 0 Å². The summed E-state index contributed by atoms with van der Waals surface area (Å²) in [4.78, 5) is 2.56. The molecule has 0 bridgehead atoms. The minimum Gasteiger partial charge on any atom is -0.310 e. The van der Waals surface area contributed by atoms with Crippen LogP contribution in [0.1, 0.15) is 13.8 Å². The van der Waals surface area contributed by atoms with Crippen molar-refractivity contribution in [3.63, 3.8) is 0 Å². The monoisotopic (exact) mass is 126 g/mol. The Kier molecular flexibility index (Phi) is 1.08. The second-order valence-electron chi connectivity index (χ2n) is 3.37. The third-order valence-corrected chi connectivity index (χ3v) is 2.55. The van der Waals surface area contributed by atoms with Crippen LogP contribution in [0.4, 0.5) is 0 Å². The third-order valence-electron chi connectivity index (χ3n) is 2.55. The molecule has 0 aromatic rings. The average molecular weight is 126 g/mol. The number of fused-ring (bicyclic) bond motifs is 1. The van der Waals surface area contributed by atoms with E-state index in [9.17, 15) is 0 Å². The number of hydrogen-bond acceptors (Lipinski definition) is 2. The van der Waals surface area contributed by atoms with Crippen LogP contribution in [0, 0.1) is 0 Å². The SMILES string of the molecule is CC(C)N1C[C@H]2NCC21. The van der Waals surface area contributed by atoms with Crippen LogP contribution in [0.25, 0.3) is 0 Å². The van der Waals surface area contributed by atoms with Crippen molar-refractivity contribution in [2.75, 3.05) is 13.1 Å². The van der Waals surface area contributed by atoms with Gasteiger partial charge in [-0.3, -0.25) is 4.90 Å². The van der Waals surface area contributed by atoms with Crippen LogP contribution in [0.5, 0.6) is 0 Å². The second-order valence-corrected chi connectivity index (χ2v) is 3.37. The van der Waals surface area contributed by atoms with Gasteiger partial charge in [-0.05, 0) is 13.8 Å². The van der Waals surface area contributed by atoms with E-state index in [1.54, 1.807) is 0 Å². The molecule has 0 aromatic carbocycles. The Morgan fingerprint density at radius 2 is 2.33 bits per heavy atom. The van der Waals surface area contributed by atoms with E-state index in [0.717, 1.165) is 18.1 Å². The predicted octanol–water partition coefficient (Wildman–Crippen LogP) is 0.0508. The van der Waals surface area contributed by atoms with Gasteiger partial charge in [0.05, 0.1) is 0 Å². The first-order valence-corrected chi connectivity index (χ1v) is 3.78. The zero-order valence-corrected chi connectivity index (χ0v) is 6.09. The van der Waals surface area contributed by atoms with Crippen molar-refractivity contribution in [1.29, 1.82) is 0 Å². The molecule has 0 saturated carbocycles. The molecule has 9 heavy (non-hydrogen) atoms. The Labute approximate surface area is 56.2 Å². The second kappa shape index (κ2) is 1.70. The van der Waals surface area contributed by atoms with Crippen LogP contribution < -0.4 is 5.32 Å². The lowest BCUT2D eigenvalue weighted by molar-refractivity contribution is -0.0395. The van der Waals surface area contributed by atoms with E-state index in [1.165, 1.54) is 13.1 Å². The van der Waals surface area contributed by atoms with E-state index in [0.29, 0.717) is 0 Å². The van der Waals surface area contributed by atoms with Gasteiger partial charge < -0.3 is 5.32 Å². The van der Waals surface area contributed by atoms with Crippen molar-refractivity contribution >= 4 is 0 Å². The molecule has 0 amide bonds. The topological polar surface area (TPSA) is 15.3 Å². The Morgan fingerprint density at radius 1 is 1.56 bits per heavy atom. The molecule has 2 aliphatic rings. The lowest BCUT2D eigenvalue weighted by Gasteiger charge is -2.58. The molecular formula is C7H14N2. The smallest absolute Gasteiger partial charge is 0.0390 e. The molecular weight excluding hydrogens is 112 g/mol. The summed E-state index contributed by atoms with van der Waals surface area (Å²) < 4.78 is 0. The fourth-order valence-corrected chi connectivity index (χ4v) is 1.74. The molecule has 1 N–H and O–H groups in total. The Morgan fingerprint density at radius 3 is 2.44 bits per heavy atom. The van der Waals surface area contributed by atoms with Crippen LogP contribution in [0.15, 0.2) is 0 Å². The van der Waals surface area contributed by atoms with Crippen LogP contribution >= 0.6 is 0 Å². The third kappa shape index (κ3) is 0.634. The first kappa shape index (κ1) is 5.69. The average Bonchev–Trinajstić information content (AvgIpc) is 1.76. The zero-order valence-electron chi connectivity index (χ0n) is 6.09. The van der Waals surface area contributed by atoms with E-state index in [-0.39, 0.29) is 0 Å². The van der Waals surface area contributed by atoms with Gasteiger partial charge in [-0.2, -0.15) is 0 Å². The minimum absolute atomic E-state index is 0.758. The van der Waals surface area contributed by atoms with E-state index < -0.39 is 0 Å². The largest absolute Gasteiger partial charge is 0.310 e. The summed E-state index contributed by atoms with van der Waals surface area (Å²) in [6.45, 7) is 7.05. The van der Waals surface area contributed by atoms with E-state index in [1.807, 2.05) is 0 Å². The maximum Gasteiger partial charge on any atom is 0.0390 e. The molecule has 0 aliphatic carbocycles. The molecule has 2 rings (SSSR count). The van der Waals surface area contributed by atoms with Crippen molar-refractivity contribution in [2.45, 2.75) is 32.0 Å². The summed E-state index contributed by atoms with van der Waals surface area (Å²) in [7, 11) is 0. The number of likely N-dealkylation sites (tertiary alicyclic amines) is 1. The fraction of sp³-hybridized carbons (Fsp3) is 1.00. The summed E-state index contributed by atoms with van der Waals surface area (Å²) in [5, 5.41) is 3.39. The zero-order chi connectivity index (χ0) is 6.43. The van der Waals surface area contributed by atoms with Crippen LogP contribution in [0.2, 0.25) is 0 Å². The molecule has 2 atom stereocenters. The van der Waals surface area contributed by atoms with Gasteiger partial charge in [0.25, 0.3) is 0 Å². The molecule has 1 unspecified atom stereocenters. The standard InChI is InChI=1S/C7H14N2/c1-5(2)9-4-6-7(9)3-8-6/h5-8H,3-4H2,1-2H3/t6-,7?/m1/s1. The molecule has 2 heteroatoms. The first-order chi connectivity index (χ1) is 4.29. The van der Waals surface area contributed by atoms with Gasteiger partial charge in [0.2, 0.25) is 0 Å². The molecule has 2 aliphatic heterocycles. The molecule has 0 aromatic heterocycles. The number of nitrogens with zero attached hydrogens (tertiary/aromatic N) is 1. The van der Waals surface area contributed by atoms with Gasteiger partial charge in [-0.25, -0.2) is 0 Å². The lowest BCUT2D eigenvalue weighted by Crippen LogP contribution is -2.78.